The summed E-state index contributed by atoms with van der Waals surface area (Å²) in [5, 5.41) is 0. The Bertz CT molecular complexity index is 569. The minimum Gasteiger partial charge on any atom is -0.346 e. The Balaban J connectivity index is 0.000000847. The molecule has 3 heteroatoms. The van der Waals surface area contributed by atoms with Gasteiger partial charge in [0, 0.05) is 17.5 Å². The number of ketones is 1. The molecule has 22 heavy (non-hydrogen) atoms. The van der Waals surface area contributed by atoms with Gasteiger partial charge in [-0.05, 0) is 5.56 Å². The molecule has 0 N–H and O–H groups in total. The van der Waals surface area contributed by atoms with Crippen molar-refractivity contribution in [2.75, 3.05) is 13.2 Å². The predicted molar refractivity (Wildman–Crippen MR) is 86.9 cm³/mol. The van der Waals surface area contributed by atoms with Crippen LogP contribution in [-0.2, 0) is 15.9 Å². The molecule has 0 bridgehead atoms. The van der Waals surface area contributed by atoms with Gasteiger partial charge >= 0.3 is 0 Å². The van der Waals surface area contributed by atoms with Gasteiger partial charge in [0.1, 0.15) is 0 Å². The largest absolute Gasteiger partial charge is 0.346 e. The van der Waals surface area contributed by atoms with E-state index in [1.54, 1.807) is 0 Å². The van der Waals surface area contributed by atoms with Gasteiger partial charge in [0.05, 0.1) is 13.2 Å². The summed E-state index contributed by atoms with van der Waals surface area (Å²) in [7, 11) is 0. The molecule has 0 aliphatic carbocycles. The topological polar surface area (TPSA) is 35.5 Å². The Morgan fingerprint density at radius 2 is 1.55 bits per heavy atom. The molecule has 0 amide bonds. The van der Waals surface area contributed by atoms with Crippen molar-refractivity contribution in [1.29, 1.82) is 0 Å². The Labute approximate surface area is 131 Å². The van der Waals surface area contributed by atoms with E-state index >= 15 is 0 Å². The van der Waals surface area contributed by atoms with Crippen LogP contribution in [0, 0.1) is 0 Å². The van der Waals surface area contributed by atoms with Crippen LogP contribution in [0.1, 0.15) is 41.6 Å². The van der Waals surface area contributed by atoms with Gasteiger partial charge in [0.2, 0.25) is 0 Å². The van der Waals surface area contributed by atoms with Crippen LogP contribution in [0.15, 0.2) is 54.6 Å². The first-order valence-corrected chi connectivity index (χ1v) is 7.73. The summed E-state index contributed by atoms with van der Waals surface area (Å²) in [6.07, 6.45) is 0.143. The zero-order valence-electron chi connectivity index (χ0n) is 13.1. The lowest BCUT2D eigenvalue weighted by Crippen LogP contribution is -2.04. The van der Waals surface area contributed by atoms with Gasteiger partial charge in [0.15, 0.2) is 12.1 Å². The number of benzene rings is 2. The number of rotatable bonds is 4. The van der Waals surface area contributed by atoms with Crippen LogP contribution in [-0.4, -0.2) is 19.0 Å². The van der Waals surface area contributed by atoms with Crippen molar-refractivity contribution in [2.24, 2.45) is 0 Å². The molecule has 1 aliphatic rings. The average Bonchev–Trinajstić information content (AvgIpc) is 3.12. The molecule has 0 unspecified atom stereocenters. The highest BCUT2D eigenvalue weighted by molar-refractivity contribution is 5.97. The van der Waals surface area contributed by atoms with Crippen LogP contribution in [0.5, 0.6) is 0 Å². The average molecular weight is 298 g/mol. The molecule has 1 saturated heterocycles. The second-order valence-corrected chi connectivity index (χ2v) is 4.78. The molecule has 2 aromatic carbocycles. The molecule has 1 aliphatic heterocycles. The predicted octanol–water partition coefficient (Wildman–Crippen LogP) is 4.18. The van der Waals surface area contributed by atoms with E-state index < -0.39 is 0 Å². The smallest absolute Gasteiger partial charge is 0.184 e. The Morgan fingerprint density at radius 1 is 0.955 bits per heavy atom. The SMILES string of the molecule is CC.O=C(Cc1ccccc1)c1ccc(C2OCCO2)cc1. The summed E-state index contributed by atoms with van der Waals surface area (Å²) in [6.45, 7) is 5.25. The highest BCUT2D eigenvalue weighted by Crippen LogP contribution is 2.23. The first-order chi connectivity index (χ1) is 10.8. The highest BCUT2D eigenvalue weighted by Gasteiger charge is 2.18. The zero-order valence-corrected chi connectivity index (χ0v) is 13.1. The summed E-state index contributed by atoms with van der Waals surface area (Å²) >= 11 is 0. The second-order valence-electron chi connectivity index (χ2n) is 4.78. The van der Waals surface area contributed by atoms with Crippen LogP contribution in [0.4, 0.5) is 0 Å². The maximum Gasteiger partial charge on any atom is 0.184 e. The molecule has 1 heterocycles. The third-order valence-electron chi connectivity index (χ3n) is 3.33. The van der Waals surface area contributed by atoms with Gasteiger partial charge in [-0.1, -0.05) is 68.4 Å². The van der Waals surface area contributed by atoms with Gasteiger partial charge < -0.3 is 9.47 Å². The van der Waals surface area contributed by atoms with E-state index in [0.29, 0.717) is 19.6 Å². The summed E-state index contributed by atoms with van der Waals surface area (Å²) in [4.78, 5) is 12.2. The van der Waals surface area contributed by atoms with Crippen molar-refractivity contribution in [2.45, 2.75) is 26.6 Å². The quantitative estimate of drug-likeness (QED) is 0.794. The van der Waals surface area contributed by atoms with Gasteiger partial charge in [-0.15, -0.1) is 0 Å². The van der Waals surface area contributed by atoms with Gasteiger partial charge in [-0.3, -0.25) is 4.79 Å². The summed E-state index contributed by atoms with van der Waals surface area (Å²) in [5.41, 5.74) is 2.71. The molecular formula is C19H22O3. The molecular weight excluding hydrogens is 276 g/mol. The fourth-order valence-electron chi connectivity index (χ4n) is 2.26. The molecule has 1 fully saturated rings. The van der Waals surface area contributed by atoms with Gasteiger partial charge in [-0.25, -0.2) is 0 Å². The second kappa shape index (κ2) is 8.47. The number of carbonyl (C=O) groups is 1. The highest BCUT2D eigenvalue weighted by atomic mass is 16.7. The number of hydrogen-bond donors (Lipinski definition) is 0. The van der Waals surface area contributed by atoms with E-state index in [-0.39, 0.29) is 12.1 Å². The molecule has 0 aromatic heterocycles. The van der Waals surface area contributed by atoms with Crippen molar-refractivity contribution < 1.29 is 14.3 Å². The van der Waals surface area contributed by atoms with Gasteiger partial charge in [-0.2, -0.15) is 0 Å². The Hall–Kier alpha value is -1.97. The molecule has 3 nitrogen and oxygen atoms in total. The van der Waals surface area contributed by atoms with E-state index in [1.165, 1.54) is 0 Å². The summed E-state index contributed by atoms with van der Waals surface area (Å²) < 4.78 is 10.9. The minimum atomic E-state index is -0.284. The minimum absolute atomic E-state index is 0.121. The van der Waals surface area contributed by atoms with E-state index in [4.69, 9.17) is 9.47 Å². The lowest BCUT2D eigenvalue weighted by Gasteiger charge is -2.09. The number of Topliss-reactive ketones (excluding diaryl/α,β-unsaturated/α-hetero) is 1. The van der Waals surface area contributed by atoms with Crippen molar-refractivity contribution in [1.82, 2.24) is 0 Å². The molecule has 0 radical (unpaired) electrons. The summed E-state index contributed by atoms with van der Waals surface area (Å²) in [5.74, 6) is 0.121. The fraction of sp³-hybridized carbons (Fsp3) is 0.316. The van der Waals surface area contributed by atoms with Crippen molar-refractivity contribution in [3.8, 4) is 0 Å². The van der Waals surface area contributed by atoms with Crippen LogP contribution in [0.25, 0.3) is 0 Å². The standard InChI is InChI=1S/C17H16O3.C2H6/c18-16(12-13-4-2-1-3-5-13)14-6-8-15(9-7-14)17-19-10-11-20-17;1-2/h1-9,17H,10-12H2;1-2H3. The van der Waals surface area contributed by atoms with Crippen molar-refractivity contribution in [3.63, 3.8) is 0 Å². The normalized spacial score (nSPS) is 14.3. The maximum atomic E-state index is 12.2. The molecule has 0 spiro atoms. The lowest BCUT2D eigenvalue weighted by atomic mass is 10.0. The molecule has 2 aromatic rings. The van der Waals surface area contributed by atoms with E-state index in [2.05, 4.69) is 0 Å². The van der Waals surface area contributed by atoms with E-state index in [9.17, 15) is 4.79 Å². The number of carbonyl (C=O) groups excluding carboxylic acids is 1. The van der Waals surface area contributed by atoms with Gasteiger partial charge in [0.25, 0.3) is 0 Å². The number of hydrogen-bond acceptors (Lipinski definition) is 3. The first kappa shape index (κ1) is 16.4. The first-order valence-electron chi connectivity index (χ1n) is 7.73. The summed E-state index contributed by atoms with van der Waals surface area (Å²) in [6, 6.07) is 17.2. The molecule has 0 atom stereocenters. The third kappa shape index (κ3) is 4.26. The van der Waals surface area contributed by atoms with Crippen LogP contribution in [0.3, 0.4) is 0 Å². The Kier molecular flexibility index (Phi) is 6.31. The van der Waals surface area contributed by atoms with E-state index in [0.717, 1.165) is 16.7 Å². The van der Waals surface area contributed by atoms with Crippen molar-refractivity contribution >= 4 is 5.78 Å². The molecule has 0 saturated carbocycles. The van der Waals surface area contributed by atoms with Crippen LogP contribution in [0.2, 0.25) is 0 Å². The third-order valence-corrected chi connectivity index (χ3v) is 3.33. The van der Waals surface area contributed by atoms with Crippen LogP contribution < -0.4 is 0 Å². The fourth-order valence-corrected chi connectivity index (χ4v) is 2.26. The molecule has 116 valence electrons. The van der Waals surface area contributed by atoms with E-state index in [1.807, 2.05) is 68.4 Å². The van der Waals surface area contributed by atoms with Crippen LogP contribution >= 0.6 is 0 Å². The number of ether oxygens (including phenoxy) is 2. The maximum absolute atomic E-state index is 12.2. The zero-order chi connectivity index (χ0) is 15.8. The molecule has 3 rings (SSSR count). The van der Waals surface area contributed by atoms with Crippen molar-refractivity contribution in [3.05, 3.63) is 71.3 Å². The lowest BCUT2D eigenvalue weighted by molar-refractivity contribution is -0.0441. The Morgan fingerprint density at radius 3 is 2.14 bits per heavy atom. The monoisotopic (exact) mass is 298 g/mol.